The van der Waals surface area contributed by atoms with Gasteiger partial charge in [0.05, 0.1) is 0 Å². The largest absolute Gasteiger partial charge is 0.396 e. The Morgan fingerprint density at radius 1 is 1.50 bits per heavy atom. The fourth-order valence-electron chi connectivity index (χ4n) is 0.271. The normalized spacial score (nSPS) is 10.2. The molecule has 0 atom stereocenters. The summed E-state index contributed by atoms with van der Waals surface area (Å²) in [6, 6.07) is 0. The van der Waals surface area contributed by atoms with Crippen molar-refractivity contribution < 1.29 is 4.84 Å². The predicted molar refractivity (Wildman–Crippen MR) is 35.0 cm³/mol. The Hall–Kier alpha value is -0.530. The first-order valence-electron chi connectivity index (χ1n) is 3.05. The first-order chi connectivity index (χ1) is 3.91. The number of hydrogen-bond acceptors (Lipinski definition) is 2. The van der Waals surface area contributed by atoms with Crippen LogP contribution in [0.2, 0.25) is 0 Å². The zero-order valence-electron chi connectivity index (χ0n) is 5.55. The van der Waals surface area contributed by atoms with Crippen LogP contribution in [0.5, 0.6) is 0 Å². The van der Waals surface area contributed by atoms with E-state index in [0.29, 0.717) is 0 Å². The zero-order valence-corrected chi connectivity index (χ0v) is 5.55. The second-order valence-electron chi connectivity index (χ2n) is 1.53. The van der Waals surface area contributed by atoms with Gasteiger partial charge in [0.15, 0.2) is 0 Å². The average molecular weight is 115 g/mol. The lowest BCUT2D eigenvalue weighted by Gasteiger charge is -1.90. The Balaban J connectivity index is 2.80. The van der Waals surface area contributed by atoms with Crippen molar-refractivity contribution in [2.24, 2.45) is 5.16 Å². The Kier molecular flexibility index (Phi) is 6.04. The van der Waals surface area contributed by atoms with Crippen LogP contribution in [0.3, 0.4) is 0 Å². The molecule has 2 heteroatoms. The highest BCUT2D eigenvalue weighted by atomic mass is 16.6. The number of oxime groups is 1. The molecule has 0 aromatic rings. The van der Waals surface area contributed by atoms with E-state index < -0.39 is 0 Å². The van der Waals surface area contributed by atoms with E-state index in [1.165, 1.54) is 0 Å². The van der Waals surface area contributed by atoms with Crippen LogP contribution in [0.1, 0.15) is 26.7 Å². The molecular formula is C6H13NO. The Morgan fingerprint density at radius 3 is 2.75 bits per heavy atom. The molecule has 0 spiro atoms. The van der Waals surface area contributed by atoms with Gasteiger partial charge < -0.3 is 4.84 Å². The van der Waals surface area contributed by atoms with Gasteiger partial charge in [0.25, 0.3) is 0 Å². The van der Waals surface area contributed by atoms with Crippen LogP contribution in [0, 0.1) is 0 Å². The quantitative estimate of drug-likeness (QED) is 0.311. The van der Waals surface area contributed by atoms with E-state index in [9.17, 15) is 0 Å². The van der Waals surface area contributed by atoms with Crippen LogP contribution in [0.25, 0.3) is 0 Å². The summed E-state index contributed by atoms with van der Waals surface area (Å²) in [5.74, 6) is 0. The standard InChI is InChI=1S/C6H13NO/c1-3-5-7-8-6-4-2/h5H,3-4,6H2,1-2H3. The summed E-state index contributed by atoms with van der Waals surface area (Å²) in [5, 5.41) is 3.65. The molecule has 0 aliphatic heterocycles. The summed E-state index contributed by atoms with van der Waals surface area (Å²) < 4.78 is 0. The average Bonchev–Trinajstić information content (AvgIpc) is 1.81. The van der Waals surface area contributed by atoms with Crippen molar-refractivity contribution in [2.75, 3.05) is 6.61 Å². The van der Waals surface area contributed by atoms with E-state index in [2.05, 4.69) is 12.1 Å². The lowest BCUT2D eigenvalue weighted by Crippen LogP contribution is -1.83. The van der Waals surface area contributed by atoms with E-state index in [-0.39, 0.29) is 0 Å². The third-order valence-electron chi connectivity index (χ3n) is 0.627. The van der Waals surface area contributed by atoms with Gasteiger partial charge in [-0.1, -0.05) is 19.0 Å². The number of nitrogens with zero attached hydrogens (tertiary/aromatic N) is 1. The fraction of sp³-hybridized carbons (Fsp3) is 0.833. The molecule has 0 bridgehead atoms. The van der Waals surface area contributed by atoms with Gasteiger partial charge in [0.1, 0.15) is 6.61 Å². The van der Waals surface area contributed by atoms with Crippen molar-refractivity contribution >= 4 is 6.21 Å². The fourth-order valence-corrected chi connectivity index (χ4v) is 0.271. The minimum atomic E-state index is 0.733. The topological polar surface area (TPSA) is 21.6 Å². The van der Waals surface area contributed by atoms with Gasteiger partial charge in [-0.15, -0.1) is 0 Å². The van der Waals surface area contributed by atoms with E-state index in [0.717, 1.165) is 19.4 Å². The molecule has 0 heterocycles. The van der Waals surface area contributed by atoms with Crippen LogP contribution in [-0.2, 0) is 4.84 Å². The third-order valence-corrected chi connectivity index (χ3v) is 0.627. The monoisotopic (exact) mass is 115 g/mol. The minimum Gasteiger partial charge on any atom is -0.396 e. The van der Waals surface area contributed by atoms with E-state index in [1.807, 2.05) is 6.92 Å². The van der Waals surface area contributed by atoms with Crippen LogP contribution in [0.15, 0.2) is 5.16 Å². The smallest absolute Gasteiger partial charge is 0.116 e. The maximum absolute atomic E-state index is 4.79. The highest BCUT2D eigenvalue weighted by Gasteiger charge is 1.73. The summed E-state index contributed by atoms with van der Waals surface area (Å²) >= 11 is 0. The van der Waals surface area contributed by atoms with E-state index >= 15 is 0 Å². The summed E-state index contributed by atoms with van der Waals surface area (Å²) in [4.78, 5) is 4.79. The molecule has 0 radical (unpaired) electrons. The molecule has 0 aliphatic rings. The summed E-state index contributed by atoms with van der Waals surface area (Å²) in [6.07, 6.45) is 3.74. The molecular weight excluding hydrogens is 102 g/mol. The molecule has 0 aliphatic carbocycles. The van der Waals surface area contributed by atoms with Gasteiger partial charge in [-0.25, -0.2) is 0 Å². The molecule has 8 heavy (non-hydrogen) atoms. The maximum Gasteiger partial charge on any atom is 0.116 e. The highest BCUT2D eigenvalue weighted by molar-refractivity contribution is 5.55. The zero-order chi connectivity index (χ0) is 6.24. The van der Waals surface area contributed by atoms with Crippen molar-refractivity contribution in [2.45, 2.75) is 26.7 Å². The van der Waals surface area contributed by atoms with Gasteiger partial charge in [-0.05, 0) is 12.8 Å². The Bertz CT molecular complexity index is 61.5. The van der Waals surface area contributed by atoms with Crippen LogP contribution >= 0.6 is 0 Å². The SMILES string of the molecule is CCC=NOCCC. The predicted octanol–water partition coefficient (Wildman–Crippen LogP) is 1.81. The lowest BCUT2D eigenvalue weighted by molar-refractivity contribution is 0.146. The van der Waals surface area contributed by atoms with Crippen molar-refractivity contribution in [1.82, 2.24) is 0 Å². The van der Waals surface area contributed by atoms with Crippen molar-refractivity contribution in [3.8, 4) is 0 Å². The van der Waals surface area contributed by atoms with Crippen molar-refractivity contribution in [3.63, 3.8) is 0 Å². The van der Waals surface area contributed by atoms with E-state index in [1.54, 1.807) is 6.21 Å². The third kappa shape index (κ3) is 5.47. The molecule has 48 valence electrons. The molecule has 0 rings (SSSR count). The Morgan fingerprint density at radius 2 is 2.25 bits per heavy atom. The first kappa shape index (κ1) is 7.47. The van der Waals surface area contributed by atoms with Gasteiger partial charge in [0.2, 0.25) is 0 Å². The molecule has 2 nitrogen and oxygen atoms in total. The first-order valence-corrected chi connectivity index (χ1v) is 3.05. The molecule has 0 unspecified atom stereocenters. The van der Waals surface area contributed by atoms with E-state index in [4.69, 9.17) is 4.84 Å². The molecule has 0 amide bonds. The summed E-state index contributed by atoms with van der Waals surface area (Å²) in [5.41, 5.74) is 0. The summed E-state index contributed by atoms with van der Waals surface area (Å²) in [6.45, 7) is 4.82. The Labute approximate surface area is 50.5 Å². The van der Waals surface area contributed by atoms with Crippen molar-refractivity contribution in [1.29, 1.82) is 0 Å². The number of hydrogen-bond donors (Lipinski definition) is 0. The van der Waals surface area contributed by atoms with Gasteiger partial charge in [-0.2, -0.15) is 0 Å². The second kappa shape index (κ2) is 6.47. The van der Waals surface area contributed by atoms with Crippen molar-refractivity contribution in [3.05, 3.63) is 0 Å². The van der Waals surface area contributed by atoms with Crippen LogP contribution in [-0.4, -0.2) is 12.8 Å². The van der Waals surface area contributed by atoms with Gasteiger partial charge in [0, 0.05) is 6.21 Å². The summed E-state index contributed by atoms with van der Waals surface area (Å²) in [7, 11) is 0. The lowest BCUT2D eigenvalue weighted by atomic mass is 10.5. The van der Waals surface area contributed by atoms with Crippen LogP contribution in [0.4, 0.5) is 0 Å². The molecule has 0 aromatic carbocycles. The number of rotatable bonds is 4. The molecule has 0 aromatic heterocycles. The van der Waals surface area contributed by atoms with Crippen LogP contribution < -0.4 is 0 Å². The van der Waals surface area contributed by atoms with Gasteiger partial charge >= 0.3 is 0 Å². The molecule has 0 N–H and O–H groups in total. The molecule has 0 saturated heterocycles. The minimum absolute atomic E-state index is 0.733. The maximum atomic E-state index is 4.79. The second-order valence-corrected chi connectivity index (χ2v) is 1.53. The highest BCUT2D eigenvalue weighted by Crippen LogP contribution is 1.79. The van der Waals surface area contributed by atoms with Gasteiger partial charge in [-0.3, -0.25) is 0 Å². The molecule has 0 fully saturated rings. The molecule has 0 saturated carbocycles.